The number of carbonyl (C=O) groups excluding carboxylic acids is 1. The molecule has 0 radical (unpaired) electrons. The van der Waals surface area contributed by atoms with E-state index in [2.05, 4.69) is 5.32 Å². The average Bonchev–Trinajstić information content (AvgIpc) is 2.55. The van der Waals surface area contributed by atoms with Crippen LogP contribution in [0.15, 0.2) is 42.5 Å². The van der Waals surface area contributed by atoms with Crippen LogP contribution in [0, 0.1) is 6.92 Å². The fourth-order valence-corrected chi connectivity index (χ4v) is 2.58. The van der Waals surface area contributed by atoms with Crippen molar-refractivity contribution in [3.05, 3.63) is 59.2 Å². The topological polar surface area (TPSA) is 64.3 Å². The van der Waals surface area contributed by atoms with Gasteiger partial charge in [-0.05, 0) is 44.0 Å². The Morgan fingerprint density at radius 3 is 2.65 bits per heavy atom. The molecule has 0 aliphatic rings. The fourth-order valence-electron chi connectivity index (χ4n) is 2.58. The first kappa shape index (κ1) is 16.9. The third-order valence-corrected chi connectivity index (χ3v) is 3.81. The molecule has 0 fully saturated rings. The summed E-state index contributed by atoms with van der Waals surface area (Å²) in [5, 5.41) is 3.09. The smallest absolute Gasteiger partial charge is 0.252 e. The van der Waals surface area contributed by atoms with Gasteiger partial charge in [0.25, 0.3) is 5.91 Å². The number of nitrogen functional groups attached to an aromatic ring is 1. The van der Waals surface area contributed by atoms with Crippen LogP contribution >= 0.6 is 0 Å². The molecule has 0 bridgehead atoms. The number of nitrogens with one attached hydrogen (secondary N) is 1. The highest BCUT2D eigenvalue weighted by atomic mass is 16.5. The van der Waals surface area contributed by atoms with E-state index >= 15 is 0 Å². The predicted octanol–water partition coefficient (Wildman–Crippen LogP) is 3.86. The van der Waals surface area contributed by atoms with E-state index in [-0.39, 0.29) is 11.9 Å². The minimum Gasteiger partial charge on any atom is -0.494 e. The van der Waals surface area contributed by atoms with Crippen molar-refractivity contribution in [2.75, 3.05) is 12.3 Å². The molecule has 1 amide bonds. The number of amides is 1. The third-order valence-electron chi connectivity index (χ3n) is 3.81. The quantitative estimate of drug-likeness (QED) is 0.796. The van der Waals surface area contributed by atoms with Crippen LogP contribution in [0.25, 0.3) is 0 Å². The highest BCUT2D eigenvalue weighted by Gasteiger charge is 2.18. The van der Waals surface area contributed by atoms with E-state index in [0.717, 1.165) is 23.3 Å². The number of anilines is 1. The highest BCUT2D eigenvalue weighted by molar-refractivity contribution is 5.96. The SMILES string of the molecule is CCOc1ccccc1C(CC)NC(=O)c1cc(N)ccc1C. The molecular formula is C19H24N2O2. The Kier molecular flexibility index (Phi) is 5.63. The molecule has 2 aromatic carbocycles. The lowest BCUT2D eigenvalue weighted by Crippen LogP contribution is -2.29. The molecule has 0 aliphatic carbocycles. The van der Waals surface area contributed by atoms with E-state index in [9.17, 15) is 4.79 Å². The molecular weight excluding hydrogens is 288 g/mol. The van der Waals surface area contributed by atoms with Gasteiger partial charge in [-0.2, -0.15) is 0 Å². The number of hydrogen-bond acceptors (Lipinski definition) is 3. The zero-order valence-electron chi connectivity index (χ0n) is 13.9. The molecule has 0 saturated heterocycles. The molecule has 23 heavy (non-hydrogen) atoms. The van der Waals surface area contributed by atoms with Crippen LogP contribution in [-0.4, -0.2) is 12.5 Å². The summed E-state index contributed by atoms with van der Waals surface area (Å²) < 4.78 is 5.68. The van der Waals surface area contributed by atoms with Gasteiger partial charge < -0.3 is 15.8 Å². The number of aryl methyl sites for hydroxylation is 1. The monoisotopic (exact) mass is 312 g/mol. The maximum atomic E-state index is 12.6. The van der Waals surface area contributed by atoms with Gasteiger partial charge in [0.2, 0.25) is 0 Å². The summed E-state index contributed by atoms with van der Waals surface area (Å²) in [6, 6.07) is 13.1. The number of nitrogens with two attached hydrogens (primary N) is 1. The summed E-state index contributed by atoms with van der Waals surface area (Å²) in [5.74, 6) is 0.694. The predicted molar refractivity (Wildman–Crippen MR) is 93.7 cm³/mol. The largest absolute Gasteiger partial charge is 0.494 e. The molecule has 2 aromatic rings. The summed E-state index contributed by atoms with van der Waals surface area (Å²) in [6.07, 6.45) is 0.775. The Hall–Kier alpha value is -2.49. The standard InChI is InChI=1S/C19H24N2O2/c1-4-17(15-8-6-7-9-18(15)23-5-2)21-19(22)16-12-14(20)11-10-13(16)3/h6-12,17H,4-5,20H2,1-3H3,(H,21,22). The van der Waals surface area contributed by atoms with Crippen LogP contribution in [-0.2, 0) is 0 Å². The number of carbonyl (C=O) groups is 1. The minimum absolute atomic E-state index is 0.105. The van der Waals surface area contributed by atoms with Crippen LogP contribution in [0.1, 0.15) is 47.8 Å². The highest BCUT2D eigenvalue weighted by Crippen LogP contribution is 2.27. The lowest BCUT2D eigenvalue weighted by Gasteiger charge is -2.21. The van der Waals surface area contributed by atoms with Gasteiger partial charge >= 0.3 is 0 Å². The molecule has 0 aliphatic heterocycles. The minimum atomic E-state index is -0.118. The van der Waals surface area contributed by atoms with Crippen molar-refractivity contribution in [3.8, 4) is 5.75 Å². The normalized spacial score (nSPS) is 11.8. The van der Waals surface area contributed by atoms with Crippen molar-refractivity contribution in [3.63, 3.8) is 0 Å². The first-order valence-corrected chi connectivity index (χ1v) is 7.95. The molecule has 0 heterocycles. The number of hydrogen-bond donors (Lipinski definition) is 2. The molecule has 1 atom stereocenters. The lowest BCUT2D eigenvalue weighted by atomic mass is 10.0. The molecule has 0 aromatic heterocycles. The Balaban J connectivity index is 2.26. The van der Waals surface area contributed by atoms with Gasteiger partial charge in [0, 0.05) is 16.8 Å². The van der Waals surface area contributed by atoms with E-state index in [0.29, 0.717) is 17.9 Å². The second-order valence-electron chi connectivity index (χ2n) is 5.48. The van der Waals surface area contributed by atoms with Crippen molar-refractivity contribution in [1.29, 1.82) is 0 Å². The molecule has 4 nitrogen and oxygen atoms in total. The first-order chi connectivity index (χ1) is 11.1. The first-order valence-electron chi connectivity index (χ1n) is 7.95. The summed E-state index contributed by atoms with van der Waals surface area (Å²) in [7, 11) is 0. The Labute approximate surface area is 137 Å². The number of para-hydroxylation sites is 1. The second-order valence-corrected chi connectivity index (χ2v) is 5.48. The number of rotatable bonds is 6. The number of ether oxygens (including phenoxy) is 1. The Morgan fingerprint density at radius 2 is 1.96 bits per heavy atom. The molecule has 0 saturated carbocycles. The van der Waals surface area contributed by atoms with E-state index in [4.69, 9.17) is 10.5 Å². The third kappa shape index (κ3) is 4.03. The van der Waals surface area contributed by atoms with Gasteiger partial charge in [0.15, 0.2) is 0 Å². The van der Waals surface area contributed by atoms with Crippen LogP contribution in [0.4, 0.5) is 5.69 Å². The van der Waals surface area contributed by atoms with Crippen molar-refractivity contribution >= 4 is 11.6 Å². The average molecular weight is 312 g/mol. The summed E-state index contributed by atoms with van der Waals surface area (Å²) in [5.41, 5.74) is 8.90. The molecule has 2 rings (SSSR count). The van der Waals surface area contributed by atoms with Crippen molar-refractivity contribution in [1.82, 2.24) is 5.32 Å². The molecule has 3 N–H and O–H groups in total. The zero-order chi connectivity index (χ0) is 16.8. The van der Waals surface area contributed by atoms with Crippen molar-refractivity contribution < 1.29 is 9.53 Å². The zero-order valence-corrected chi connectivity index (χ0v) is 13.9. The Morgan fingerprint density at radius 1 is 1.22 bits per heavy atom. The lowest BCUT2D eigenvalue weighted by molar-refractivity contribution is 0.0934. The molecule has 122 valence electrons. The summed E-state index contributed by atoms with van der Waals surface area (Å²) >= 11 is 0. The van der Waals surface area contributed by atoms with Gasteiger partial charge in [0.05, 0.1) is 12.6 Å². The summed E-state index contributed by atoms with van der Waals surface area (Å²) in [4.78, 5) is 12.6. The van der Waals surface area contributed by atoms with Gasteiger partial charge in [-0.1, -0.05) is 31.2 Å². The van der Waals surface area contributed by atoms with Crippen LogP contribution in [0.3, 0.4) is 0 Å². The van der Waals surface area contributed by atoms with Crippen LogP contribution < -0.4 is 15.8 Å². The van der Waals surface area contributed by atoms with Crippen LogP contribution in [0.2, 0.25) is 0 Å². The Bertz CT molecular complexity index is 683. The van der Waals surface area contributed by atoms with E-state index in [1.54, 1.807) is 12.1 Å². The van der Waals surface area contributed by atoms with Gasteiger partial charge in [0.1, 0.15) is 5.75 Å². The molecule has 0 spiro atoms. The number of benzene rings is 2. The maximum Gasteiger partial charge on any atom is 0.252 e. The van der Waals surface area contributed by atoms with Gasteiger partial charge in [-0.25, -0.2) is 0 Å². The van der Waals surface area contributed by atoms with Gasteiger partial charge in [-0.3, -0.25) is 4.79 Å². The van der Waals surface area contributed by atoms with E-state index < -0.39 is 0 Å². The van der Waals surface area contributed by atoms with Crippen molar-refractivity contribution in [2.24, 2.45) is 0 Å². The second kappa shape index (κ2) is 7.68. The maximum absolute atomic E-state index is 12.6. The fraction of sp³-hybridized carbons (Fsp3) is 0.316. The van der Waals surface area contributed by atoms with E-state index in [1.165, 1.54) is 0 Å². The summed E-state index contributed by atoms with van der Waals surface area (Å²) in [6.45, 7) is 6.49. The van der Waals surface area contributed by atoms with E-state index in [1.807, 2.05) is 51.1 Å². The van der Waals surface area contributed by atoms with Crippen LogP contribution in [0.5, 0.6) is 5.75 Å². The molecule has 4 heteroatoms. The van der Waals surface area contributed by atoms with Crippen molar-refractivity contribution in [2.45, 2.75) is 33.2 Å². The van der Waals surface area contributed by atoms with Gasteiger partial charge in [-0.15, -0.1) is 0 Å². The molecule has 1 unspecified atom stereocenters.